The zero-order valence-electron chi connectivity index (χ0n) is 12.7. The van der Waals surface area contributed by atoms with Crippen molar-refractivity contribution < 1.29 is 14.5 Å². The summed E-state index contributed by atoms with van der Waals surface area (Å²) in [4.78, 5) is 34.0. The molecular formula is C16H14ClN3O4. The second-order valence-electron chi connectivity index (χ2n) is 5.00. The summed E-state index contributed by atoms with van der Waals surface area (Å²) < 4.78 is 0. The molecule has 0 bridgehead atoms. The first kappa shape index (κ1) is 17.4. The van der Waals surface area contributed by atoms with Crippen molar-refractivity contribution in [2.45, 2.75) is 6.92 Å². The fraction of sp³-hybridized carbons (Fsp3) is 0.125. The quantitative estimate of drug-likeness (QED) is 0.641. The second kappa shape index (κ2) is 7.56. The van der Waals surface area contributed by atoms with Crippen LogP contribution >= 0.6 is 11.6 Å². The van der Waals surface area contributed by atoms with Crippen LogP contribution in [0.1, 0.15) is 15.9 Å². The molecule has 2 aromatic rings. The molecule has 0 spiro atoms. The average Bonchev–Trinajstić information content (AvgIpc) is 2.56. The van der Waals surface area contributed by atoms with Crippen LogP contribution in [0.3, 0.4) is 0 Å². The first-order valence-corrected chi connectivity index (χ1v) is 7.33. The normalized spacial score (nSPS) is 10.1. The summed E-state index contributed by atoms with van der Waals surface area (Å²) in [6.07, 6.45) is 0. The summed E-state index contributed by atoms with van der Waals surface area (Å²) in [6, 6.07) is 10.3. The van der Waals surface area contributed by atoms with Crippen LogP contribution in [0.4, 0.5) is 11.4 Å². The summed E-state index contributed by atoms with van der Waals surface area (Å²) in [6.45, 7) is 1.54. The van der Waals surface area contributed by atoms with Crippen molar-refractivity contribution in [3.05, 3.63) is 68.7 Å². The number of nitrogens with one attached hydrogen (secondary N) is 2. The molecule has 2 amide bonds. The van der Waals surface area contributed by atoms with Crippen LogP contribution in [-0.4, -0.2) is 23.3 Å². The molecular weight excluding hydrogens is 334 g/mol. The summed E-state index contributed by atoms with van der Waals surface area (Å²) in [7, 11) is 0. The molecule has 2 N–H and O–H groups in total. The fourth-order valence-electron chi connectivity index (χ4n) is 1.95. The minimum atomic E-state index is -0.592. The summed E-state index contributed by atoms with van der Waals surface area (Å²) in [5.41, 5.74) is 1.30. The summed E-state index contributed by atoms with van der Waals surface area (Å²) in [5, 5.41) is 16.2. The molecule has 7 nitrogen and oxygen atoms in total. The van der Waals surface area contributed by atoms with Gasteiger partial charge in [-0.1, -0.05) is 23.7 Å². The molecule has 0 radical (unpaired) electrons. The van der Waals surface area contributed by atoms with E-state index < -0.39 is 16.7 Å². The van der Waals surface area contributed by atoms with Crippen molar-refractivity contribution >= 4 is 34.8 Å². The molecule has 0 fully saturated rings. The van der Waals surface area contributed by atoms with Crippen molar-refractivity contribution in [3.63, 3.8) is 0 Å². The van der Waals surface area contributed by atoms with Gasteiger partial charge in [-0.3, -0.25) is 19.7 Å². The van der Waals surface area contributed by atoms with Crippen molar-refractivity contribution in [1.29, 1.82) is 0 Å². The number of nitrogens with zero attached hydrogens (tertiary/aromatic N) is 1. The predicted octanol–water partition coefficient (Wildman–Crippen LogP) is 2.93. The number of carbonyl (C=O) groups is 2. The van der Waals surface area contributed by atoms with Crippen molar-refractivity contribution in [3.8, 4) is 0 Å². The highest BCUT2D eigenvalue weighted by molar-refractivity contribution is 6.31. The molecule has 0 aliphatic rings. The molecule has 8 heteroatoms. The van der Waals surface area contributed by atoms with Crippen LogP contribution in [0.5, 0.6) is 0 Å². The van der Waals surface area contributed by atoms with Crippen LogP contribution in [0.25, 0.3) is 0 Å². The maximum absolute atomic E-state index is 12.0. The van der Waals surface area contributed by atoms with E-state index in [0.717, 1.165) is 11.6 Å². The van der Waals surface area contributed by atoms with Gasteiger partial charge in [-0.25, -0.2) is 0 Å². The number of benzene rings is 2. The first-order chi connectivity index (χ1) is 11.4. The van der Waals surface area contributed by atoms with Gasteiger partial charge in [0, 0.05) is 28.4 Å². The summed E-state index contributed by atoms with van der Waals surface area (Å²) in [5.74, 6) is -1.00. The zero-order chi connectivity index (χ0) is 17.7. The molecule has 124 valence electrons. The predicted molar refractivity (Wildman–Crippen MR) is 90.2 cm³/mol. The van der Waals surface area contributed by atoms with Crippen molar-refractivity contribution in [2.75, 3.05) is 11.9 Å². The number of nitro groups is 1. The Morgan fingerprint density at radius 2 is 1.96 bits per heavy atom. The van der Waals surface area contributed by atoms with E-state index in [1.165, 1.54) is 18.2 Å². The number of carbonyl (C=O) groups excluding carboxylic acids is 2. The Hall–Kier alpha value is -2.93. The lowest BCUT2D eigenvalue weighted by atomic mass is 10.2. The molecule has 0 atom stereocenters. The minimum Gasteiger partial charge on any atom is -0.343 e. The van der Waals surface area contributed by atoms with Crippen molar-refractivity contribution in [2.24, 2.45) is 0 Å². The Kier molecular flexibility index (Phi) is 5.49. The van der Waals surface area contributed by atoms with E-state index in [0.29, 0.717) is 10.7 Å². The second-order valence-corrected chi connectivity index (χ2v) is 5.43. The zero-order valence-corrected chi connectivity index (χ0v) is 13.5. The largest absolute Gasteiger partial charge is 0.343 e. The first-order valence-electron chi connectivity index (χ1n) is 6.95. The number of amides is 2. The third kappa shape index (κ3) is 4.53. The van der Waals surface area contributed by atoms with Crippen LogP contribution in [0.15, 0.2) is 42.5 Å². The lowest BCUT2D eigenvalue weighted by Gasteiger charge is -2.09. The average molecular weight is 348 g/mol. The van der Waals surface area contributed by atoms with Gasteiger partial charge in [0.25, 0.3) is 11.6 Å². The molecule has 0 aromatic heterocycles. The van der Waals surface area contributed by atoms with E-state index >= 15 is 0 Å². The number of aryl methyl sites for hydroxylation is 1. The highest BCUT2D eigenvalue weighted by Crippen LogP contribution is 2.20. The number of anilines is 1. The fourth-order valence-corrected chi connectivity index (χ4v) is 2.12. The van der Waals surface area contributed by atoms with E-state index in [9.17, 15) is 19.7 Å². The number of hydrogen-bond donors (Lipinski definition) is 2. The molecule has 0 aliphatic heterocycles. The van der Waals surface area contributed by atoms with Crippen LogP contribution in [0, 0.1) is 17.0 Å². The monoisotopic (exact) mass is 347 g/mol. The molecule has 24 heavy (non-hydrogen) atoms. The van der Waals surface area contributed by atoms with E-state index in [1.54, 1.807) is 18.2 Å². The third-order valence-electron chi connectivity index (χ3n) is 3.20. The van der Waals surface area contributed by atoms with Gasteiger partial charge in [0.2, 0.25) is 5.91 Å². The topological polar surface area (TPSA) is 101 Å². The Morgan fingerprint density at radius 1 is 1.21 bits per heavy atom. The molecule has 0 aliphatic carbocycles. The summed E-state index contributed by atoms with van der Waals surface area (Å²) >= 11 is 5.87. The van der Waals surface area contributed by atoms with Crippen molar-refractivity contribution in [1.82, 2.24) is 5.32 Å². The highest BCUT2D eigenvalue weighted by atomic mass is 35.5. The maximum atomic E-state index is 12.0. The molecule has 0 unspecified atom stereocenters. The van der Waals surface area contributed by atoms with Gasteiger partial charge >= 0.3 is 0 Å². The molecule has 2 aromatic carbocycles. The Labute approximate surface area is 142 Å². The Balaban J connectivity index is 1.96. The van der Waals surface area contributed by atoms with Gasteiger partial charge < -0.3 is 10.6 Å². The van der Waals surface area contributed by atoms with Gasteiger partial charge in [-0.05, 0) is 30.7 Å². The van der Waals surface area contributed by atoms with E-state index in [1.807, 2.05) is 6.92 Å². The standard InChI is InChI=1S/C16H14ClN3O4/c1-10-5-6-12(17)8-14(10)19-15(21)9-18-16(22)11-3-2-4-13(7-11)20(23)24/h2-8H,9H2,1H3,(H,18,22)(H,19,21). The van der Waals surface area contributed by atoms with Crippen LogP contribution in [-0.2, 0) is 4.79 Å². The van der Waals surface area contributed by atoms with Gasteiger partial charge in [-0.15, -0.1) is 0 Å². The number of nitro benzene ring substituents is 1. The molecule has 2 rings (SSSR count). The number of halogens is 1. The molecule has 0 saturated heterocycles. The van der Waals surface area contributed by atoms with Crippen LogP contribution < -0.4 is 10.6 Å². The van der Waals surface area contributed by atoms with Gasteiger partial charge in [0.15, 0.2) is 0 Å². The molecule has 0 heterocycles. The lowest BCUT2D eigenvalue weighted by Crippen LogP contribution is -2.33. The van der Waals surface area contributed by atoms with Gasteiger partial charge in [0.05, 0.1) is 11.5 Å². The van der Waals surface area contributed by atoms with E-state index in [2.05, 4.69) is 10.6 Å². The van der Waals surface area contributed by atoms with E-state index in [-0.39, 0.29) is 17.8 Å². The molecule has 0 saturated carbocycles. The Bertz CT molecular complexity index is 808. The minimum absolute atomic E-state index is 0.107. The smallest absolute Gasteiger partial charge is 0.270 e. The lowest BCUT2D eigenvalue weighted by molar-refractivity contribution is -0.384. The van der Waals surface area contributed by atoms with Gasteiger partial charge in [0.1, 0.15) is 0 Å². The highest BCUT2D eigenvalue weighted by Gasteiger charge is 2.13. The van der Waals surface area contributed by atoms with Crippen LogP contribution in [0.2, 0.25) is 5.02 Å². The number of rotatable bonds is 5. The Morgan fingerprint density at radius 3 is 2.67 bits per heavy atom. The number of non-ortho nitro benzene ring substituents is 1. The van der Waals surface area contributed by atoms with Gasteiger partial charge in [-0.2, -0.15) is 0 Å². The maximum Gasteiger partial charge on any atom is 0.270 e. The number of hydrogen-bond acceptors (Lipinski definition) is 4. The van der Waals surface area contributed by atoms with E-state index in [4.69, 9.17) is 11.6 Å². The SMILES string of the molecule is Cc1ccc(Cl)cc1NC(=O)CNC(=O)c1cccc([N+](=O)[O-])c1. The third-order valence-corrected chi connectivity index (χ3v) is 3.44.